The van der Waals surface area contributed by atoms with Gasteiger partial charge < -0.3 is 51.1 Å². The molecule has 0 aliphatic carbocycles. The number of pyridine rings is 8. The Balaban J connectivity index is 0.000000135. The van der Waals surface area contributed by atoms with E-state index in [2.05, 4.69) is 95.2 Å². The smallest absolute Gasteiger partial charge is 0.257 e. The van der Waals surface area contributed by atoms with Crippen LogP contribution in [0.15, 0.2) is 250 Å². The summed E-state index contributed by atoms with van der Waals surface area (Å²) < 4.78 is 7.51. The molecule has 5 amide bonds. The lowest BCUT2D eigenvalue weighted by Crippen LogP contribution is -2.48. The Morgan fingerprint density at radius 3 is 1.07 bits per heavy atom. The molecule has 9 aromatic heterocycles. The van der Waals surface area contributed by atoms with Gasteiger partial charge in [0.25, 0.3) is 23.6 Å². The van der Waals surface area contributed by atoms with E-state index in [1.165, 1.54) is 12.4 Å². The Bertz CT molecular complexity index is 5600. The highest BCUT2D eigenvalue weighted by Crippen LogP contribution is 2.35. The van der Waals surface area contributed by atoms with Crippen LogP contribution in [0.3, 0.4) is 0 Å². The molecule has 4 aromatic carbocycles. The number of piperidine rings is 1. The third-order valence-corrected chi connectivity index (χ3v) is 20.1. The Hall–Kier alpha value is -12.9. The molecule has 3 aliphatic rings. The number of aromatic nitrogens is 10. The van der Waals surface area contributed by atoms with Crippen LogP contribution in [0.2, 0.25) is 20.1 Å². The van der Waals surface area contributed by atoms with E-state index >= 15 is 0 Å². The molecule has 0 bridgehead atoms. The van der Waals surface area contributed by atoms with Gasteiger partial charge in [-0.05, 0) is 216 Å². The van der Waals surface area contributed by atoms with E-state index in [9.17, 15) is 29.1 Å². The van der Waals surface area contributed by atoms with Crippen molar-refractivity contribution in [3.63, 3.8) is 0 Å². The normalized spacial score (nSPS) is 14.5. The third-order valence-electron chi connectivity index (χ3n) is 18.8. The summed E-state index contributed by atoms with van der Waals surface area (Å²) in [5.41, 5.74) is 12.2. The van der Waals surface area contributed by atoms with Crippen LogP contribution in [0.1, 0.15) is 79.5 Å². The molecule has 25 nitrogen and oxygen atoms in total. The van der Waals surface area contributed by atoms with E-state index in [1.54, 1.807) is 139 Å². The predicted molar refractivity (Wildman–Crippen MR) is 459 cm³/mol. The molecule has 3 saturated heterocycles. The fourth-order valence-corrected chi connectivity index (χ4v) is 13.9. The topological polar surface area (TPSA) is 306 Å². The number of piperazine rings is 1. The summed E-state index contributed by atoms with van der Waals surface area (Å²) in [5, 5.41) is 30.6. The van der Waals surface area contributed by atoms with Gasteiger partial charge in [-0.1, -0.05) is 70.7 Å². The fraction of sp³-hybridized carbons (Fsp3) is 0.182. The highest BCUT2D eigenvalue weighted by molar-refractivity contribution is 6.35. The number of amides is 5. The van der Waals surface area contributed by atoms with Crippen LogP contribution >= 0.6 is 46.4 Å². The number of ether oxygens (including phenoxy) is 1. The number of hydrogen-bond acceptors (Lipinski definition) is 19. The fourth-order valence-electron chi connectivity index (χ4n) is 13.0. The number of aryl methyl sites for hydroxylation is 2. The van der Waals surface area contributed by atoms with Crippen molar-refractivity contribution in [3.05, 3.63) is 303 Å². The minimum Gasteiger partial charge on any atom is -0.393 e. The van der Waals surface area contributed by atoms with Crippen molar-refractivity contribution in [2.75, 3.05) is 81.8 Å². The van der Waals surface area contributed by atoms with Gasteiger partial charge in [0.15, 0.2) is 5.82 Å². The quantitative estimate of drug-likeness (QED) is 0.0524. The standard InChI is InChI=1S/C23H23ClN4O2.C22H18ClN5O.C22H21ClN4O2.C21H18ClN5O2/c1-15-13-28(14-16(2)30-15)22-9-6-17(12-26-22)23(29)27-18-7-8-20(24)19(11-18)21-5-3-4-10-25-21;1-14-11-15(2)28(27-14)21-9-6-16(13-25-21)22(29)26-17-7-8-19(23)18(12-17)20-5-3-4-10-24-20;23-19-6-5-16(13-18(19)20-3-1-2-10-24-20)26-22(29)15-4-7-21(25-14-15)27-11-8-17(28)9-12-27;22-17-6-5-15(11-16(17)18-3-1-2-8-23-18)26-21(29)14-4-7-19(25-12-14)27-10-9-24-20(28)13-27/h3-12,15-16H,13-14H2,1-2H3,(H,27,29);3-13H,1-2H3,(H,26,29);1-7,10,13-14,17,28H,8-9,11-12H2,(H,26,29);1-8,11-12H,9-10,13H2,(H,24,28)(H,26,29). The minimum absolute atomic E-state index is 0.0358. The predicted octanol–water partition coefficient (Wildman–Crippen LogP) is 16.5. The van der Waals surface area contributed by atoms with Crippen molar-refractivity contribution < 1.29 is 33.8 Å². The third kappa shape index (κ3) is 22.0. The number of nitrogens with one attached hydrogen (secondary N) is 5. The number of morpholine rings is 1. The number of anilines is 7. The lowest BCUT2D eigenvalue weighted by atomic mass is 10.1. The van der Waals surface area contributed by atoms with Crippen molar-refractivity contribution in [2.24, 2.45) is 0 Å². The second-order valence-electron chi connectivity index (χ2n) is 27.6. The lowest BCUT2D eigenvalue weighted by Gasteiger charge is -2.36. The summed E-state index contributed by atoms with van der Waals surface area (Å²) in [6.45, 7) is 12.6. The number of nitrogens with zero attached hydrogens (tertiary/aromatic N) is 13. The second-order valence-corrected chi connectivity index (χ2v) is 29.2. The molecule has 592 valence electrons. The summed E-state index contributed by atoms with van der Waals surface area (Å²) in [6, 6.07) is 59.8. The summed E-state index contributed by atoms with van der Waals surface area (Å²) >= 11 is 25.2. The maximum Gasteiger partial charge on any atom is 0.257 e. The van der Waals surface area contributed by atoms with Crippen molar-refractivity contribution >= 4 is 116 Å². The monoisotopic (exact) mass is 1640 g/mol. The summed E-state index contributed by atoms with van der Waals surface area (Å²) in [6.07, 6.45) is 14.6. The molecule has 3 aliphatic heterocycles. The molecule has 2 atom stereocenters. The summed E-state index contributed by atoms with van der Waals surface area (Å²) in [4.78, 5) is 103. The van der Waals surface area contributed by atoms with Crippen LogP contribution in [0, 0.1) is 13.8 Å². The molecule has 6 N–H and O–H groups in total. The first-order chi connectivity index (χ1) is 56.7. The van der Waals surface area contributed by atoms with Crippen molar-refractivity contribution in [3.8, 4) is 50.8 Å². The van der Waals surface area contributed by atoms with Crippen LogP contribution in [0.5, 0.6) is 0 Å². The van der Waals surface area contributed by atoms with Crippen LogP contribution < -0.4 is 41.3 Å². The van der Waals surface area contributed by atoms with Crippen molar-refractivity contribution in [2.45, 2.75) is 58.8 Å². The summed E-state index contributed by atoms with van der Waals surface area (Å²) in [7, 11) is 0. The van der Waals surface area contributed by atoms with E-state index in [4.69, 9.17) is 51.1 Å². The van der Waals surface area contributed by atoms with Gasteiger partial charge in [0.1, 0.15) is 17.5 Å². The SMILES string of the molecule is CC1CN(c2ccc(C(=O)Nc3ccc(Cl)c(-c4ccccn4)c3)cn2)CC(C)O1.Cc1cc(C)n(-c2ccc(C(=O)Nc3ccc(Cl)c(-c4ccccn4)c3)cn2)n1.O=C(Nc1ccc(Cl)c(-c2ccccn2)c1)c1ccc(N2CCC(O)CC2)nc1.O=C1CN(c2ccc(C(=O)Nc3ccc(Cl)c(-c4ccccn4)c3)cn2)CCN1. The van der Waals surface area contributed by atoms with Crippen LogP contribution in [0.4, 0.5) is 40.2 Å². The number of rotatable bonds is 16. The maximum atomic E-state index is 12.7. The van der Waals surface area contributed by atoms with Crippen LogP contribution in [0.25, 0.3) is 50.8 Å². The Kier molecular flexibility index (Phi) is 27.3. The van der Waals surface area contributed by atoms with Gasteiger partial charge in [-0.15, -0.1) is 0 Å². The molecule has 0 saturated carbocycles. The Morgan fingerprint density at radius 2 is 0.761 bits per heavy atom. The maximum absolute atomic E-state index is 12.7. The summed E-state index contributed by atoms with van der Waals surface area (Å²) in [5.74, 6) is 1.94. The second kappa shape index (κ2) is 39.0. The van der Waals surface area contributed by atoms with Crippen LogP contribution in [-0.4, -0.2) is 148 Å². The number of benzene rings is 4. The van der Waals surface area contributed by atoms with E-state index in [0.717, 1.165) is 107 Å². The molecular weight excluding hydrogens is 1560 g/mol. The van der Waals surface area contributed by atoms with Gasteiger partial charge in [-0.2, -0.15) is 5.10 Å². The number of hydrogen-bond donors (Lipinski definition) is 6. The van der Waals surface area contributed by atoms with Crippen LogP contribution in [-0.2, 0) is 9.53 Å². The minimum atomic E-state index is -0.283. The van der Waals surface area contributed by atoms with E-state index in [-0.39, 0.29) is 54.4 Å². The highest BCUT2D eigenvalue weighted by atomic mass is 35.5. The molecule has 13 aromatic rings. The molecule has 2 unspecified atom stereocenters. The van der Waals surface area contributed by atoms with Crippen molar-refractivity contribution in [1.29, 1.82) is 0 Å². The first kappa shape index (κ1) is 82.1. The highest BCUT2D eigenvalue weighted by Gasteiger charge is 2.25. The largest absolute Gasteiger partial charge is 0.393 e. The Labute approximate surface area is 695 Å². The number of halogens is 4. The van der Waals surface area contributed by atoms with E-state index < -0.39 is 0 Å². The van der Waals surface area contributed by atoms with Gasteiger partial charge in [-0.25, -0.2) is 24.6 Å². The van der Waals surface area contributed by atoms with Gasteiger partial charge in [-0.3, -0.25) is 43.9 Å². The average molecular weight is 1640 g/mol. The van der Waals surface area contributed by atoms with Gasteiger partial charge >= 0.3 is 0 Å². The first-order valence-corrected chi connectivity index (χ1v) is 39.0. The molecule has 117 heavy (non-hydrogen) atoms. The molecule has 16 rings (SSSR count). The molecule has 29 heteroatoms. The number of aliphatic hydroxyl groups is 1. The van der Waals surface area contributed by atoms with Gasteiger partial charge in [0.05, 0.1) is 95.7 Å². The van der Waals surface area contributed by atoms with Gasteiger partial charge in [0.2, 0.25) is 5.91 Å². The zero-order chi connectivity index (χ0) is 81.9. The molecule has 12 heterocycles. The average Bonchev–Trinajstić information content (AvgIpc) is 1.62. The lowest BCUT2D eigenvalue weighted by molar-refractivity contribution is -0.120. The van der Waals surface area contributed by atoms with Gasteiger partial charge in [0, 0.05) is 140 Å². The molecule has 3 fully saturated rings. The molecule has 0 spiro atoms. The number of carbonyl (C=O) groups excluding carboxylic acids is 5. The molecule has 0 radical (unpaired) electrons. The first-order valence-electron chi connectivity index (χ1n) is 37.5. The zero-order valence-corrected chi connectivity index (χ0v) is 67.0. The number of carbonyl (C=O) groups is 5. The zero-order valence-electron chi connectivity index (χ0n) is 64.0. The van der Waals surface area contributed by atoms with Crippen molar-refractivity contribution in [1.82, 2.24) is 55.0 Å². The number of aliphatic hydroxyl groups excluding tert-OH is 1. The Morgan fingerprint density at radius 1 is 0.419 bits per heavy atom. The van der Waals surface area contributed by atoms with E-state index in [0.29, 0.717) is 89.8 Å². The molecular formula is C88H80Cl4N18O7. The van der Waals surface area contributed by atoms with E-state index in [1.807, 2.05) is 122 Å².